The maximum Gasteiger partial charge on any atom is 0.121 e. The van der Waals surface area contributed by atoms with Gasteiger partial charge in [-0.2, -0.15) is 0 Å². The van der Waals surface area contributed by atoms with E-state index in [1.54, 1.807) is 24.3 Å². The molecule has 0 aliphatic carbocycles. The maximum absolute atomic E-state index is 10.1. The van der Waals surface area contributed by atoms with Crippen LogP contribution in [0.4, 0.5) is 0 Å². The van der Waals surface area contributed by atoms with E-state index in [0.717, 1.165) is 0 Å². The molecule has 3 heteroatoms. The summed E-state index contributed by atoms with van der Waals surface area (Å²) in [5.41, 5.74) is 1.81. The predicted molar refractivity (Wildman–Crippen MR) is 83.7 cm³/mol. The molecule has 0 aliphatic heterocycles. The van der Waals surface area contributed by atoms with Crippen molar-refractivity contribution in [3.63, 3.8) is 0 Å². The number of aliphatic hydroxyl groups is 1. The number of phenolic OH excluding ortho intramolecular Hbond substituents is 1. The van der Waals surface area contributed by atoms with Crippen molar-refractivity contribution in [2.24, 2.45) is 0 Å². The summed E-state index contributed by atoms with van der Waals surface area (Å²) in [6.45, 7) is 6.58. The van der Waals surface area contributed by atoms with Crippen LogP contribution in [-0.2, 0) is 5.41 Å². The van der Waals surface area contributed by atoms with E-state index in [9.17, 15) is 10.2 Å². The minimum atomic E-state index is -0.853. The van der Waals surface area contributed by atoms with Crippen LogP contribution >= 0.6 is 0 Å². The maximum atomic E-state index is 10.1. The van der Waals surface area contributed by atoms with E-state index in [2.05, 4.69) is 20.8 Å². The van der Waals surface area contributed by atoms with E-state index >= 15 is 0 Å². The summed E-state index contributed by atoms with van der Waals surface area (Å²) < 4.78 is 5.58. The topological polar surface area (TPSA) is 49.7 Å². The molecule has 0 amide bonds. The summed E-state index contributed by atoms with van der Waals surface area (Å²) >= 11 is 0. The van der Waals surface area contributed by atoms with Crippen molar-refractivity contribution in [2.75, 3.05) is 6.61 Å². The lowest BCUT2D eigenvalue weighted by Crippen LogP contribution is -2.12. The molecule has 0 aromatic heterocycles. The van der Waals surface area contributed by atoms with Crippen LogP contribution in [-0.4, -0.2) is 16.8 Å². The number of para-hydroxylation sites is 1. The molecule has 0 aliphatic rings. The predicted octanol–water partition coefficient (Wildman–Crippen LogP) is 3.80. The highest BCUT2D eigenvalue weighted by atomic mass is 16.5. The van der Waals surface area contributed by atoms with E-state index in [0.29, 0.717) is 11.3 Å². The number of ether oxygens (including phenoxy) is 1. The molecule has 21 heavy (non-hydrogen) atoms. The van der Waals surface area contributed by atoms with Crippen LogP contribution in [0, 0.1) is 0 Å². The second-order valence-electron chi connectivity index (χ2n) is 6.16. The lowest BCUT2D eigenvalue weighted by atomic mass is 9.87. The number of hydrogen-bond donors (Lipinski definition) is 2. The first-order valence-corrected chi connectivity index (χ1v) is 7.07. The molecule has 1 unspecified atom stereocenters. The van der Waals surface area contributed by atoms with Gasteiger partial charge in [0.05, 0.1) is 0 Å². The van der Waals surface area contributed by atoms with E-state index in [1.807, 2.05) is 24.3 Å². The van der Waals surface area contributed by atoms with Crippen LogP contribution in [0.3, 0.4) is 0 Å². The van der Waals surface area contributed by atoms with Crippen molar-refractivity contribution in [3.8, 4) is 11.5 Å². The highest BCUT2D eigenvalue weighted by Crippen LogP contribution is 2.26. The lowest BCUT2D eigenvalue weighted by Gasteiger charge is -2.19. The van der Waals surface area contributed by atoms with Gasteiger partial charge in [0.25, 0.3) is 0 Å². The largest absolute Gasteiger partial charge is 0.508 e. The standard InChI is InChI=1S/C18H22O3/c1-18(2,3)13-8-10-14(11-9-13)21-12-17(20)15-6-4-5-7-16(15)19/h4-11,17,19-20H,12H2,1-3H3. The van der Waals surface area contributed by atoms with E-state index in [1.165, 1.54) is 5.56 Å². The van der Waals surface area contributed by atoms with Crippen molar-refractivity contribution in [3.05, 3.63) is 59.7 Å². The normalized spacial score (nSPS) is 13.0. The zero-order valence-corrected chi connectivity index (χ0v) is 12.7. The zero-order chi connectivity index (χ0) is 15.5. The fourth-order valence-corrected chi connectivity index (χ4v) is 2.09. The van der Waals surface area contributed by atoms with Crippen molar-refractivity contribution < 1.29 is 14.9 Å². The fraction of sp³-hybridized carbons (Fsp3) is 0.333. The van der Waals surface area contributed by atoms with Crippen LogP contribution in [0.5, 0.6) is 11.5 Å². The highest BCUT2D eigenvalue weighted by Gasteiger charge is 2.14. The van der Waals surface area contributed by atoms with Gasteiger partial charge in [-0.1, -0.05) is 51.1 Å². The zero-order valence-electron chi connectivity index (χ0n) is 12.7. The van der Waals surface area contributed by atoms with Gasteiger partial charge >= 0.3 is 0 Å². The molecule has 2 aromatic rings. The van der Waals surface area contributed by atoms with Crippen molar-refractivity contribution >= 4 is 0 Å². The second kappa shape index (κ2) is 6.19. The molecule has 0 fully saturated rings. The second-order valence-corrected chi connectivity index (χ2v) is 6.16. The molecule has 0 saturated carbocycles. The van der Waals surface area contributed by atoms with Gasteiger partial charge in [0.2, 0.25) is 0 Å². The molecule has 0 bridgehead atoms. The molecule has 0 heterocycles. The van der Waals surface area contributed by atoms with Gasteiger partial charge in [-0.3, -0.25) is 0 Å². The number of phenols is 1. The molecule has 2 N–H and O–H groups in total. The van der Waals surface area contributed by atoms with Crippen LogP contribution in [0.15, 0.2) is 48.5 Å². The number of hydrogen-bond acceptors (Lipinski definition) is 3. The van der Waals surface area contributed by atoms with Gasteiger partial charge < -0.3 is 14.9 Å². The average Bonchev–Trinajstić information content (AvgIpc) is 2.45. The SMILES string of the molecule is CC(C)(C)c1ccc(OCC(O)c2ccccc2O)cc1. The minimum absolute atomic E-state index is 0.0803. The van der Waals surface area contributed by atoms with Gasteiger partial charge in [-0.25, -0.2) is 0 Å². The molecule has 112 valence electrons. The van der Waals surface area contributed by atoms with Crippen molar-refractivity contribution in [1.82, 2.24) is 0 Å². The number of benzene rings is 2. The minimum Gasteiger partial charge on any atom is -0.508 e. The summed E-state index contributed by atoms with van der Waals surface area (Å²) in [5, 5.41) is 19.8. The van der Waals surface area contributed by atoms with E-state index in [4.69, 9.17) is 4.74 Å². The highest BCUT2D eigenvalue weighted by molar-refractivity contribution is 5.34. The smallest absolute Gasteiger partial charge is 0.121 e. The third-order valence-corrected chi connectivity index (χ3v) is 3.42. The number of aliphatic hydroxyl groups excluding tert-OH is 1. The Hall–Kier alpha value is -2.00. The van der Waals surface area contributed by atoms with E-state index < -0.39 is 6.10 Å². The molecule has 0 saturated heterocycles. The summed E-state index contributed by atoms with van der Waals surface area (Å²) in [5.74, 6) is 0.786. The Labute approximate surface area is 125 Å². The number of aromatic hydroxyl groups is 1. The average molecular weight is 286 g/mol. The summed E-state index contributed by atoms with van der Waals surface area (Å²) in [6.07, 6.45) is -0.853. The Bertz CT molecular complexity index is 582. The molecular formula is C18H22O3. The van der Waals surface area contributed by atoms with E-state index in [-0.39, 0.29) is 17.8 Å². The molecule has 0 spiro atoms. The number of rotatable bonds is 4. The van der Waals surface area contributed by atoms with Crippen LogP contribution in [0.2, 0.25) is 0 Å². The van der Waals surface area contributed by atoms with Crippen LogP contribution < -0.4 is 4.74 Å². The molecule has 0 radical (unpaired) electrons. The first-order chi connectivity index (χ1) is 9.88. The molecule has 3 nitrogen and oxygen atoms in total. The van der Waals surface area contributed by atoms with Crippen molar-refractivity contribution in [1.29, 1.82) is 0 Å². The van der Waals surface area contributed by atoms with Gasteiger partial charge in [-0.05, 0) is 29.2 Å². The Morgan fingerprint density at radius 2 is 1.62 bits per heavy atom. The van der Waals surface area contributed by atoms with Crippen LogP contribution in [0.25, 0.3) is 0 Å². The molecule has 1 atom stereocenters. The van der Waals surface area contributed by atoms with Crippen molar-refractivity contribution in [2.45, 2.75) is 32.3 Å². The first-order valence-electron chi connectivity index (χ1n) is 7.07. The fourth-order valence-electron chi connectivity index (χ4n) is 2.09. The first kappa shape index (κ1) is 15.4. The summed E-state index contributed by atoms with van der Waals surface area (Å²) in [7, 11) is 0. The molecule has 2 aromatic carbocycles. The van der Waals surface area contributed by atoms with Gasteiger partial charge in [-0.15, -0.1) is 0 Å². The van der Waals surface area contributed by atoms with Gasteiger partial charge in [0.1, 0.15) is 24.2 Å². The molecule has 2 rings (SSSR count). The Kier molecular flexibility index (Phi) is 4.53. The lowest BCUT2D eigenvalue weighted by molar-refractivity contribution is 0.106. The summed E-state index contributed by atoms with van der Waals surface area (Å²) in [6, 6.07) is 14.6. The van der Waals surface area contributed by atoms with Gasteiger partial charge in [0, 0.05) is 5.56 Å². The third kappa shape index (κ3) is 3.99. The Morgan fingerprint density at radius 3 is 2.19 bits per heavy atom. The Morgan fingerprint density at radius 1 is 1.00 bits per heavy atom. The molecular weight excluding hydrogens is 264 g/mol. The monoisotopic (exact) mass is 286 g/mol. The Balaban J connectivity index is 1.99. The van der Waals surface area contributed by atoms with Crippen LogP contribution in [0.1, 0.15) is 38.0 Å². The third-order valence-electron chi connectivity index (χ3n) is 3.42. The van der Waals surface area contributed by atoms with Gasteiger partial charge in [0.15, 0.2) is 0 Å². The summed E-state index contributed by atoms with van der Waals surface area (Å²) in [4.78, 5) is 0. The quantitative estimate of drug-likeness (QED) is 0.898.